The van der Waals surface area contributed by atoms with Gasteiger partial charge in [0.25, 0.3) is 0 Å². The zero-order valence-corrected chi connectivity index (χ0v) is 15.9. The number of nitrogens with zero attached hydrogens (tertiary/aromatic N) is 2. The van der Waals surface area contributed by atoms with Gasteiger partial charge in [0.05, 0.1) is 0 Å². The van der Waals surface area contributed by atoms with Gasteiger partial charge in [0.15, 0.2) is 0 Å². The van der Waals surface area contributed by atoms with Crippen molar-refractivity contribution in [1.29, 1.82) is 0 Å². The molecule has 0 saturated carbocycles. The van der Waals surface area contributed by atoms with Crippen molar-refractivity contribution in [3.63, 3.8) is 0 Å². The van der Waals surface area contributed by atoms with Gasteiger partial charge in [-0.1, -0.05) is 25.1 Å². The Bertz CT molecular complexity index is 629. The molecule has 1 N–H and O–H groups in total. The summed E-state index contributed by atoms with van der Waals surface area (Å²) in [5, 5.41) is 3.03. The van der Waals surface area contributed by atoms with Crippen LogP contribution in [0.3, 0.4) is 0 Å². The molecule has 1 heterocycles. The van der Waals surface area contributed by atoms with Gasteiger partial charge in [0, 0.05) is 31.9 Å². The lowest BCUT2D eigenvalue weighted by molar-refractivity contribution is 0.0174. The first kappa shape index (κ1) is 19.1. The van der Waals surface area contributed by atoms with Gasteiger partial charge in [-0.3, -0.25) is 0 Å². The molecule has 0 bridgehead atoms. The highest BCUT2D eigenvalue weighted by Gasteiger charge is 2.27. The van der Waals surface area contributed by atoms with Crippen LogP contribution in [0.5, 0.6) is 0 Å². The highest BCUT2D eigenvalue weighted by molar-refractivity contribution is 5.91. The van der Waals surface area contributed by atoms with Gasteiger partial charge >= 0.3 is 12.1 Å². The maximum atomic E-state index is 12.6. The molecule has 0 atom stereocenters. The summed E-state index contributed by atoms with van der Waals surface area (Å²) in [6.45, 7) is 11.6. The number of benzene rings is 1. The van der Waals surface area contributed by atoms with E-state index in [9.17, 15) is 9.59 Å². The summed E-state index contributed by atoms with van der Waals surface area (Å²) in [6.07, 6.45) is 0.545. The average molecular weight is 347 g/mol. The molecule has 0 unspecified atom stereocenters. The van der Waals surface area contributed by atoms with E-state index in [1.54, 1.807) is 9.80 Å². The quantitative estimate of drug-likeness (QED) is 0.888. The predicted molar refractivity (Wildman–Crippen MR) is 99.0 cm³/mol. The Labute approximate surface area is 150 Å². The van der Waals surface area contributed by atoms with Gasteiger partial charge in [-0.25, -0.2) is 9.59 Å². The van der Waals surface area contributed by atoms with Gasteiger partial charge in [0.1, 0.15) is 5.60 Å². The highest BCUT2D eigenvalue weighted by Crippen LogP contribution is 2.22. The maximum Gasteiger partial charge on any atom is 0.410 e. The minimum Gasteiger partial charge on any atom is -0.444 e. The Balaban J connectivity index is 1.93. The van der Waals surface area contributed by atoms with Gasteiger partial charge < -0.3 is 19.9 Å². The number of ether oxygens (including phenoxy) is 1. The van der Waals surface area contributed by atoms with Crippen molar-refractivity contribution < 1.29 is 14.3 Å². The standard InChI is InChI=1S/C19H29N3O3/c1-6-15-9-7-8-14(2)16(15)20-17(23)21-10-12-22(13-11-21)18(24)25-19(3,4)5/h7-9H,6,10-13H2,1-5H3,(H,20,23). The fourth-order valence-electron chi connectivity index (χ4n) is 2.81. The van der Waals surface area contributed by atoms with E-state index >= 15 is 0 Å². The van der Waals surface area contributed by atoms with Crippen LogP contribution in [-0.4, -0.2) is 53.7 Å². The van der Waals surface area contributed by atoms with Crippen LogP contribution in [0.2, 0.25) is 0 Å². The van der Waals surface area contributed by atoms with Crippen molar-refractivity contribution in [3.05, 3.63) is 29.3 Å². The minimum absolute atomic E-state index is 0.118. The summed E-state index contributed by atoms with van der Waals surface area (Å²) >= 11 is 0. The molecule has 6 heteroatoms. The number of nitrogens with one attached hydrogen (secondary N) is 1. The lowest BCUT2D eigenvalue weighted by Crippen LogP contribution is -2.52. The molecule has 1 saturated heterocycles. The third-order valence-electron chi connectivity index (χ3n) is 4.19. The molecule has 2 rings (SSSR count). The number of hydrogen-bond donors (Lipinski definition) is 1. The SMILES string of the molecule is CCc1cccc(C)c1NC(=O)N1CCN(C(=O)OC(C)(C)C)CC1. The van der Waals surface area contributed by atoms with Crippen LogP contribution in [0.4, 0.5) is 15.3 Å². The molecular weight excluding hydrogens is 318 g/mol. The molecule has 0 spiro atoms. The summed E-state index contributed by atoms with van der Waals surface area (Å²) in [7, 11) is 0. The Morgan fingerprint density at radius 3 is 2.28 bits per heavy atom. The zero-order chi connectivity index (χ0) is 18.6. The van der Waals surface area contributed by atoms with E-state index in [0.717, 1.165) is 23.2 Å². The monoisotopic (exact) mass is 347 g/mol. The number of para-hydroxylation sites is 1. The smallest absolute Gasteiger partial charge is 0.410 e. The first-order valence-corrected chi connectivity index (χ1v) is 8.83. The molecule has 3 amide bonds. The van der Waals surface area contributed by atoms with Crippen LogP contribution in [-0.2, 0) is 11.2 Å². The second-order valence-corrected chi connectivity index (χ2v) is 7.35. The maximum absolute atomic E-state index is 12.6. The van der Waals surface area contributed by atoms with Gasteiger partial charge in [-0.05, 0) is 45.2 Å². The number of carbonyl (C=O) groups is 2. The Hall–Kier alpha value is -2.24. The molecule has 1 aliphatic heterocycles. The van der Waals surface area contributed by atoms with E-state index < -0.39 is 5.60 Å². The topological polar surface area (TPSA) is 61.9 Å². The number of anilines is 1. The number of aryl methyl sites for hydroxylation is 2. The molecule has 1 aromatic rings. The van der Waals surface area contributed by atoms with Crippen molar-refractivity contribution >= 4 is 17.8 Å². The van der Waals surface area contributed by atoms with Gasteiger partial charge in [0.2, 0.25) is 0 Å². The number of urea groups is 1. The second kappa shape index (κ2) is 7.76. The third-order valence-corrected chi connectivity index (χ3v) is 4.19. The summed E-state index contributed by atoms with van der Waals surface area (Å²) < 4.78 is 5.38. The first-order valence-electron chi connectivity index (χ1n) is 8.83. The summed E-state index contributed by atoms with van der Waals surface area (Å²) in [5.74, 6) is 0. The van der Waals surface area contributed by atoms with Crippen molar-refractivity contribution in [1.82, 2.24) is 9.80 Å². The van der Waals surface area contributed by atoms with Crippen LogP contribution < -0.4 is 5.32 Å². The molecule has 0 aliphatic carbocycles. The summed E-state index contributed by atoms with van der Waals surface area (Å²) in [4.78, 5) is 28.1. The summed E-state index contributed by atoms with van der Waals surface area (Å²) in [6, 6.07) is 5.91. The van der Waals surface area contributed by atoms with Crippen molar-refractivity contribution in [2.24, 2.45) is 0 Å². The third kappa shape index (κ3) is 5.11. The number of hydrogen-bond acceptors (Lipinski definition) is 3. The van der Waals surface area contributed by atoms with E-state index in [0.29, 0.717) is 26.2 Å². The van der Waals surface area contributed by atoms with Crippen molar-refractivity contribution in [2.75, 3.05) is 31.5 Å². The highest BCUT2D eigenvalue weighted by atomic mass is 16.6. The molecule has 1 aliphatic rings. The Morgan fingerprint density at radius 1 is 1.12 bits per heavy atom. The first-order chi connectivity index (χ1) is 11.7. The lowest BCUT2D eigenvalue weighted by atomic mass is 10.1. The van der Waals surface area contributed by atoms with Crippen molar-refractivity contribution in [2.45, 2.75) is 46.6 Å². The predicted octanol–water partition coefficient (Wildman–Crippen LogP) is 3.64. The van der Waals surface area contributed by atoms with Crippen LogP contribution >= 0.6 is 0 Å². The molecule has 0 aromatic heterocycles. The fraction of sp³-hybridized carbons (Fsp3) is 0.579. The van der Waals surface area contributed by atoms with Crippen molar-refractivity contribution in [3.8, 4) is 0 Å². The average Bonchev–Trinajstić information content (AvgIpc) is 2.55. The molecule has 1 aromatic carbocycles. The molecule has 6 nitrogen and oxygen atoms in total. The van der Waals surface area contributed by atoms with E-state index in [1.807, 2.05) is 45.9 Å². The molecule has 1 fully saturated rings. The Kier molecular flexibility index (Phi) is 5.93. The largest absolute Gasteiger partial charge is 0.444 e. The number of amides is 3. The van der Waals surface area contributed by atoms with Crippen LogP contribution in [0, 0.1) is 6.92 Å². The van der Waals surface area contributed by atoms with Gasteiger partial charge in [-0.2, -0.15) is 0 Å². The van der Waals surface area contributed by atoms with Crippen LogP contribution in [0.25, 0.3) is 0 Å². The second-order valence-electron chi connectivity index (χ2n) is 7.35. The Morgan fingerprint density at radius 2 is 1.72 bits per heavy atom. The number of piperazine rings is 1. The van der Waals surface area contributed by atoms with E-state index in [-0.39, 0.29) is 12.1 Å². The van der Waals surface area contributed by atoms with E-state index in [4.69, 9.17) is 4.74 Å². The lowest BCUT2D eigenvalue weighted by Gasteiger charge is -2.35. The number of rotatable bonds is 2. The zero-order valence-electron chi connectivity index (χ0n) is 15.9. The normalized spacial score (nSPS) is 15.1. The fourth-order valence-corrected chi connectivity index (χ4v) is 2.81. The van der Waals surface area contributed by atoms with E-state index in [2.05, 4.69) is 12.2 Å². The van der Waals surface area contributed by atoms with Crippen LogP contribution in [0.1, 0.15) is 38.8 Å². The van der Waals surface area contributed by atoms with Gasteiger partial charge in [-0.15, -0.1) is 0 Å². The minimum atomic E-state index is -0.507. The van der Waals surface area contributed by atoms with Crippen LogP contribution in [0.15, 0.2) is 18.2 Å². The summed E-state index contributed by atoms with van der Waals surface area (Å²) in [5.41, 5.74) is 2.57. The molecule has 25 heavy (non-hydrogen) atoms. The molecular formula is C19H29N3O3. The van der Waals surface area contributed by atoms with E-state index in [1.165, 1.54) is 0 Å². The number of carbonyl (C=O) groups excluding carboxylic acids is 2. The molecule has 138 valence electrons. The molecule has 0 radical (unpaired) electrons.